The first kappa shape index (κ1) is 12.9. The van der Waals surface area contributed by atoms with Gasteiger partial charge in [0, 0.05) is 25.5 Å². The fourth-order valence-corrected chi connectivity index (χ4v) is 2.37. The van der Waals surface area contributed by atoms with E-state index in [0.717, 1.165) is 18.7 Å². The third-order valence-corrected chi connectivity index (χ3v) is 3.38. The second kappa shape index (κ2) is 5.40. The van der Waals surface area contributed by atoms with E-state index >= 15 is 0 Å². The number of nitrogens with one attached hydrogen (secondary N) is 1. The molecule has 4 heteroatoms. The molecule has 0 aliphatic rings. The lowest BCUT2D eigenvalue weighted by atomic mass is 10.1. The van der Waals surface area contributed by atoms with Gasteiger partial charge in [0.1, 0.15) is 0 Å². The van der Waals surface area contributed by atoms with E-state index in [1.54, 1.807) is 0 Å². The van der Waals surface area contributed by atoms with E-state index in [1.165, 1.54) is 11.3 Å². The van der Waals surface area contributed by atoms with Crippen molar-refractivity contribution in [1.29, 1.82) is 0 Å². The molecule has 2 aromatic heterocycles. The van der Waals surface area contributed by atoms with Crippen molar-refractivity contribution in [2.24, 2.45) is 7.05 Å². The molecule has 0 spiro atoms. The SMILES string of the molecule is CCC(NC)c1ccn(Cc2cc(C)nn2C)c1. The Morgan fingerprint density at radius 3 is 2.78 bits per heavy atom. The van der Waals surface area contributed by atoms with Crippen molar-refractivity contribution in [3.8, 4) is 0 Å². The zero-order valence-corrected chi connectivity index (χ0v) is 11.6. The van der Waals surface area contributed by atoms with E-state index in [2.05, 4.69) is 46.4 Å². The highest BCUT2D eigenvalue weighted by molar-refractivity contribution is 5.17. The van der Waals surface area contributed by atoms with E-state index in [-0.39, 0.29) is 0 Å². The summed E-state index contributed by atoms with van der Waals surface area (Å²) < 4.78 is 4.16. The zero-order valence-electron chi connectivity index (χ0n) is 11.6. The number of nitrogens with zero attached hydrogens (tertiary/aromatic N) is 3. The summed E-state index contributed by atoms with van der Waals surface area (Å²) in [7, 11) is 4.01. The van der Waals surface area contributed by atoms with Gasteiger partial charge in [0.05, 0.1) is 17.9 Å². The van der Waals surface area contributed by atoms with Crippen LogP contribution in [0.2, 0.25) is 0 Å². The molecular formula is C14H22N4. The third kappa shape index (κ3) is 2.64. The monoisotopic (exact) mass is 246 g/mol. The molecular weight excluding hydrogens is 224 g/mol. The Bertz CT molecular complexity index is 506. The molecule has 0 saturated heterocycles. The van der Waals surface area contributed by atoms with Crippen LogP contribution in [-0.2, 0) is 13.6 Å². The molecule has 1 N–H and O–H groups in total. The first-order chi connectivity index (χ1) is 8.63. The van der Waals surface area contributed by atoms with Gasteiger partial charge in [-0.05, 0) is 38.1 Å². The third-order valence-electron chi connectivity index (χ3n) is 3.38. The van der Waals surface area contributed by atoms with Crippen LogP contribution in [0.5, 0.6) is 0 Å². The maximum absolute atomic E-state index is 4.37. The van der Waals surface area contributed by atoms with Gasteiger partial charge in [0.25, 0.3) is 0 Å². The minimum atomic E-state index is 0.444. The van der Waals surface area contributed by atoms with Crippen LogP contribution in [0.25, 0.3) is 0 Å². The molecule has 0 aliphatic heterocycles. The Balaban J connectivity index is 2.13. The lowest BCUT2D eigenvalue weighted by molar-refractivity contribution is 0.574. The van der Waals surface area contributed by atoms with Crippen molar-refractivity contribution >= 4 is 0 Å². The molecule has 0 aliphatic carbocycles. The summed E-state index contributed by atoms with van der Waals surface area (Å²) in [6.07, 6.45) is 5.45. The lowest BCUT2D eigenvalue weighted by Gasteiger charge is -2.11. The Morgan fingerprint density at radius 1 is 1.44 bits per heavy atom. The van der Waals surface area contributed by atoms with Gasteiger partial charge >= 0.3 is 0 Å². The van der Waals surface area contributed by atoms with Gasteiger partial charge < -0.3 is 9.88 Å². The van der Waals surface area contributed by atoms with Crippen molar-refractivity contribution < 1.29 is 0 Å². The minimum absolute atomic E-state index is 0.444. The van der Waals surface area contributed by atoms with Crippen LogP contribution in [0.15, 0.2) is 24.5 Å². The van der Waals surface area contributed by atoms with Gasteiger partial charge in [0.15, 0.2) is 0 Å². The Morgan fingerprint density at radius 2 is 2.22 bits per heavy atom. The standard InChI is InChI=1S/C14H22N4/c1-5-14(15-3)12-6-7-18(9-12)10-13-8-11(2)16-17(13)4/h6-9,14-15H,5,10H2,1-4H3. The number of hydrogen-bond acceptors (Lipinski definition) is 2. The Kier molecular flexibility index (Phi) is 3.87. The molecule has 0 radical (unpaired) electrons. The van der Waals surface area contributed by atoms with Crippen molar-refractivity contribution in [3.05, 3.63) is 41.5 Å². The average Bonchev–Trinajstić information content (AvgIpc) is 2.89. The molecule has 2 rings (SSSR count). The predicted octanol–water partition coefficient (Wildman–Crippen LogP) is 2.25. The maximum Gasteiger partial charge on any atom is 0.0639 e. The van der Waals surface area contributed by atoms with Gasteiger partial charge in [0.2, 0.25) is 0 Å². The Labute approximate surface area is 109 Å². The highest BCUT2D eigenvalue weighted by Gasteiger charge is 2.09. The van der Waals surface area contributed by atoms with Gasteiger partial charge in [-0.1, -0.05) is 6.92 Å². The van der Waals surface area contributed by atoms with E-state index < -0.39 is 0 Å². The van der Waals surface area contributed by atoms with Crippen molar-refractivity contribution in [2.75, 3.05) is 7.05 Å². The summed E-state index contributed by atoms with van der Waals surface area (Å²) in [5, 5.41) is 7.70. The summed E-state index contributed by atoms with van der Waals surface area (Å²) in [6.45, 7) is 5.10. The smallest absolute Gasteiger partial charge is 0.0639 e. The minimum Gasteiger partial charge on any atom is -0.348 e. The zero-order chi connectivity index (χ0) is 13.1. The largest absolute Gasteiger partial charge is 0.348 e. The summed E-state index contributed by atoms with van der Waals surface area (Å²) in [4.78, 5) is 0. The molecule has 0 fully saturated rings. The Hall–Kier alpha value is -1.55. The van der Waals surface area contributed by atoms with Gasteiger partial charge in [-0.3, -0.25) is 4.68 Å². The molecule has 0 bridgehead atoms. The van der Waals surface area contributed by atoms with Crippen LogP contribution < -0.4 is 5.32 Å². The maximum atomic E-state index is 4.37. The molecule has 0 saturated carbocycles. The molecule has 1 unspecified atom stereocenters. The van der Waals surface area contributed by atoms with Crippen LogP contribution in [0.4, 0.5) is 0 Å². The molecule has 2 aromatic rings. The summed E-state index contributed by atoms with van der Waals surface area (Å²) in [6, 6.07) is 4.77. The van der Waals surface area contributed by atoms with Crippen LogP contribution in [0.1, 0.15) is 36.3 Å². The number of hydrogen-bond donors (Lipinski definition) is 1. The molecule has 2 heterocycles. The van der Waals surface area contributed by atoms with Crippen LogP contribution >= 0.6 is 0 Å². The van der Waals surface area contributed by atoms with E-state index in [9.17, 15) is 0 Å². The second-order valence-electron chi connectivity index (χ2n) is 4.77. The molecule has 1 atom stereocenters. The predicted molar refractivity (Wildman–Crippen MR) is 73.6 cm³/mol. The first-order valence-corrected chi connectivity index (χ1v) is 6.46. The fraction of sp³-hybridized carbons (Fsp3) is 0.500. The average molecular weight is 246 g/mol. The van der Waals surface area contributed by atoms with Gasteiger partial charge in [-0.15, -0.1) is 0 Å². The van der Waals surface area contributed by atoms with Crippen LogP contribution in [0, 0.1) is 6.92 Å². The fourth-order valence-electron chi connectivity index (χ4n) is 2.37. The number of aryl methyl sites for hydroxylation is 2. The first-order valence-electron chi connectivity index (χ1n) is 6.46. The molecule has 0 amide bonds. The topological polar surface area (TPSA) is 34.8 Å². The highest BCUT2D eigenvalue weighted by Crippen LogP contribution is 2.17. The second-order valence-corrected chi connectivity index (χ2v) is 4.77. The van der Waals surface area contributed by atoms with Crippen LogP contribution in [-0.4, -0.2) is 21.4 Å². The van der Waals surface area contributed by atoms with E-state index in [0.29, 0.717) is 6.04 Å². The van der Waals surface area contributed by atoms with Gasteiger partial charge in [-0.25, -0.2) is 0 Å². The number of aromatic nitrogens is 3. The van der Waals surface area contributed by atoms with E-state index in [4.69, 9.17) is 0 Å². The van der Waals surface area contributed by atoms with Crippen molar-refractivity contribution in [3.63, 3.8) is 0 Å². The van der Waals surface area contributed by atoms with Gasteiger partial charge in [-0.2, -0.15) is 5.10 Å². The van der Waals surface area contributed by atoms with Crippen LogP contribution in [0.3, 0.4) is 0 Å². The molecule has 4 nitrogen and oxygen atoms in total. The van der Waals surface area contributed by atoms with Crippen molar-refractivity contribution in [1.82, 2.24) is 19.7 Å². The molecule has 0 aromatic carbocycles. The lowest BCUT2D eigenvalue weighted by Crippen LogP contribution is -2.14. The quantitative estimate of drug-likeness (QED) is 0.878. The van der Waals surface area contributed by atoms with Crippen molar-refractivity contribution in [2.45, 2.75) is 32.9 Å². The summed E-state index contributed by atoms with van der Waals surface area (Å²) in [5.41, 5.74) is 3.65. The van der Waals surface area contributed by atoms with E-state index in [1.807, 2.05) is 25.7 Å². The molecule has 18 heavy (non-hydrogen) atoms. The highest BCUT2D eigenvalue weighted by atomic mass is 15.3. The summed E-state index contributed by atoms with van der Waals surface area (Å²) >= 11 is 0. The normalized spacial score (nSPS) is 12.9. The molecule has 98 valence electrons. The summed E-state index contributed by atoms with van der Waals surface area (Å²) in [5.74, 6) is 0. The number of rotatable bonds is 5.